The largest absolute Gasteiger partial charge is 0.383 e. The highest BCUT2D eigenvalue weighted by molar-refractivity contribution is 5.44. The van der Waals surface area contributed by atoms with Gasteiger partial charge in [0.15, 0.2) is 5.69 Å². The molecule has 0 amide bonds. The Balaban J connectivity index is 2.44. The van der Waals surface area contributed by atoms with E-state index >= 15 is 0 Å². The number of rotatable bonds is 5. The zero-order valence-corrected chi connectivity index (χ0v) is 8.53. The third-order valence-electron chi connectivity index (χ3n) is 2.24. The summed E-state index contributed by atoms with van der Waals surface area (Å²) in [5, 5.41) is 8.64. The van der Waals surface area contributed by atoms with Gasteiger partial charge in [-0.15, -0.1) is 0 Å². The Labute approximate surface area is 84.4 Å². The highest BCUT2D eigenvalue weighted by Crippen LogP contribution is 2.10. The Bertz CT molecular complexity index is 321. The van der Waals surface area contributed by atoms with Gasteiger partial charge in [0.05, 0.1) is 6.33 Å². The van der Waals surface area contributed by atoms with Crippen LogP contribution in [0.15, 0.2) is 6.33 Å². The maximum Gasteiger partial charge on any atom is 0.182 e. The lowest BCUT2D eigenvalue weighted by Gasteiger charge is -2.03. The van der Waals surface area contributed by atoms with Gasteiger partial charge in [-0.2, -0.15) is 5.26 Å². The molecule has 0 bridgehead atoms. The predicted molar refractivity (Wildman–Crippen MR) is 55.5 cm³/mol. The summed E-state index contributed by atoms with van der Waals surface area (Å²) in [6, 6.07) is 1.96. The van der Waals surface area contributed by atoms with Crippen LogP contribution in [0.25, 0.3) is 0 Å². The molecular formula is C10H16N4. The van der Waals surface area contributed by atoms with Gasteiger partial charge < -0.3 is 10.3 Å². The first kappa shape index (κ1) is 10.6. The van der Waals surface area contributed by atoms with Gasteiger partial charge in [0.25, 0.3) is 0 Å². The minimum atomic E-state index is 0.334. The molecule has 1 heterocycles. The molecule has 0 aromatic carbocycles. The molecule has 0 radical (unpaired) electrons. The fourth-order valence-corrected chi connectivity index (χ4v) is 1.37. The Morgan fingerprint density at radius 3 is 2.86 bits per heavy atom. The van der Waals surface area contributed by atoms with Gasteiger partial charge in [0, 0.05) is 6.54 Å². The molecule has 1 rings (SSSR count). The van der Waals surface area contributed by atoms with Gasteiger partial charge in [0.2, 0.25) is 0 Å². The number of nitriles is 1. The van der Waals surface area contributed by atoms with Crippen LogP contribution in [-0.4, -0.2) is 9.55 Å². The molecular weight excluding hydrogens is 176 g/mol. The van der Waals surface area contributed by atoms with Crippen LogP contribution >= 0.6 is 0 Å². The Hall–Kier alpha value is -1.50. The summed E-state index contributed by atoms with van der Waals surface area (Å²) in [4.78, 5) is 3.91. The SMILES string of the molecule is CCCCCCn1cnc(C#N)c1N. The van der Waals surface area contributed by atoms with E-state index in [1.54, 1.807) is 6.33 Å². The molecule has 0 saturated heterocycles. The molecule has 0 aliphatic rings. The number of nitrogens with two attached hydrogens (primary N) is 1. The van der Waals surface area contributed by atoms with Crippen molar-refractivity contribution in [1.29, 1.82) is 5.26 Å². The van der Waals surface area contributed by atoms with E-state index in [2.05, 4.69) is 11.9 Å². The quantitative estimate of drug-likeness (QED) is 0.724. The summed E-state index contributed by atoms with van der Waals surface area (Å²) >= 11 is 0. The fourth-order valence-electron chi connectivity index (χ4n) is 1.37. The summed E-state index contributed by atoms with van der Waals surface area (Å²) in [6.45, 7) is 3.04. The minimum absolute atomic E-state index is 0.334. The molecule has 4 nitrogen and oxygen atoms in total. The smallest absolute Gasteiger partial charge is 0.182 e. The second-order valence-corrected chi connectivity index (χ2v) is 3.34. The van der Waals surface area contributed by atoms with E-state index < -0.39 is 0 Å². The fraction of sp³-hybridized carbons (Fsp3) is 0.600. The lowest BCUT2D eigenvalue weighted by molar-refractivity contribution is 0.586. The highest BCUT2D eigenvalue weighted by Gasteiger charge is 2.05. The van der Waals surface area contributed by atoms with Crippen LogP contribution in [0.5, 0.6) is 0 Å². The number of nitrogen functional groups attached to an aromatic ring is 1. The van der Waals surface area contributed by atoms with E-state index in [0.717, 1.165) is 13.0 Å². The van der Waals surface area contributed by atoms with Crippen LogP contribution in [0.2, 0.25) is 0 Å². The Morgan fingerprint density at radius 2 is 2.29 bits per heavy atom. The minimum Gasteiger partial charge on any atom is -0.383 e. The molecule has 0 spiro atoms. The molecule has 2 N–H and O–H groups in total. The zero-order chi connectivity index (χ0) is 10.4. The normalized spacial score (nSPS) is 10.0. The third kappa shape index (κ3) is 2.49. The summed E-state index contributed by atoms with van der Waals surface area (Å²) < 4.78 is 1.84. The maximum absolute atomic E-state index is 8.64. The van der Waals surface area contributed by atoms with Crippen molar-refractivity contribution in [3.05, 3.63) is 12.0 Å². The van der Waals surface area contributed by atoms with Gasteiger partial charge >= 0.3 is 0 Å². The lowest BCUT2D eigenvalue weighted by Crippen LogP contribution is -2.02. The van der Waals surface area contributed by atoms with Crippen LogP contribution in [0.3, 0.4) is 0 Å². The van der Waals surface area contributed by atoms with Crippen molar-refractivity contribution in [3.63, 3.8) is 0 Å². The van der Waals surface area contributed by atoms with Crippen LogP contribution in [0.1, 0.15) is 38.3 Å². The number of nitrogens with zero attached hydrogens (tertiary/aromatic N) is 3. The van der Waals surface area contributed by atoms with Crippen LogP contribution in [-0.2, 0) is 6.54 Å². The third-order valence-corrected chi connectivity index (χ3v) is 2.24. The maximum atomic E-state index is 8.64. The molecule has 0 aliphatic carbocycles. The van der Waals surface area contributed by atoms with Crippen LogP contribution in [0.4, 0.5) is 5.82 Å². The molecule has 0 atom stereocenters. The molecule has 0 aliphatic heterocycles. The lowest BCUT2D eigenvalue weighted by atomic mass is 10.2. The van der Waals surface area contributed by atoms with Gasteiger partial charge in [-0.25, -0.2) is 4.98 Å². The average Bonchev–Trinajstić information content (AvgIpc) is 2.55. The first-order valence-electron chi connectivity index (χ1n) is 5.00. The van der Waals surface area contributed by atoms with Crippen LogP contribution < -0.4 is 5.73 Å². The molecule has 0 saturated carbocycles. The van der Waals surface area contributed by atoms with Crippen molar-refractivity contribution in [2.75, 3.05) is 5.73 Å². The number of anilines is 1. The van der Waals surface area contributed by atoms with E-state index in [4.69, 9.17) is 11.0 Å². The van der Waals surface area contributed by atoms with Crippen molar-refractivity contribution < 1.29 is 0 Å². The van der Waals surface area contributed by atoms with E-state index in [9.17, 15) is 0 Å². The van der Waals surface area contributed by atoms with Gasteiger partial charge in [-0.1, -0.05) is 26.2 Å². The summed E-state index contributed by atoms with van der Waals surface area (Å²) in [5.74, 6) is 0.490. The molecule has 1 aromatic rings. The standard InChI is InChI=1S/C10H16N4/c1-2-3-4-5-6-14-8-13-9(7-11)10(14)12/h8H,2-6,12H2,1H3. The molecule has 14 heavy (non-hydrogen) atoms. The van der Waals surface area contributed by atoms with Crippen LogP contribution in [0, 0.1) is 11.3 Å². The molecule has 0 fully saturated rings. The van der Waals surface area contributed by atoms with Crippen molar-refractivity contribution in [3.8, 4) is 6.07 Å². The second-order valence-electron chi connectivity index (χ2n) is 3.34. The summed E-state index contributed by atoms with van der Waals surface area (Å²) in [7, 11) is 0. The summed E-state index contributed by atoms with van der Waals surface area (Å²) in [5.41, 5.74) is 6.04. The van der Waals surface area contributed by atoms with E-state index in [1.807, 2.05) is 10.6 Å². The van der Waals surface area contributed by atoms with Gasteiger partial charge in [-0.05, 0) is 6.42 Å². The highest BCUT2D eigenvalue weighted by atomic mass is 15.1. The Kier molecular flexibility index (Phi) is 3.99. The average molecular weight is 192 g/mol. The van der Waals surface area contributed by atoms with Gasteiger partial charge in [-0.3, -0.25) is 0 Å². The Morgan fingerprint density at radius 1 is 1.50 bits per heavy atom. The first-order valence-corrected chi connectivity index (χ1v) is 5.00. The second kappa shape index (κ2) is 5.28. The molecule has 0 unspecified atom stereocenters. The van der Waals surface area contributed by atoms with Crippen molar-refractivity contribution in [1.82, 2.24) is 9.55 Å². The number of hydrogen-bond acceptors (Lipinski definition) is 3. The number of aryl methyl sites for hydroxylation is 1. The predicted octanol–water partition coefficient (Wildman–Crippen LogP) is 1.92. The van der Waals surface area contributed by atoms with E-state index in [1.165, 1.54) is 19.3 Å². The number of imidazole rings is 1. The van der Waals surface area contributed by atoms with E-state index in [0.29, 0.717) is 11.5 Å². The number of aromatic nitrogens is 2. The molecule has 1 aromatic heterocycles. The van der Waals surface area contributed by atoms with E-state index in [-0.39, 0.29) is 0 Å². The zero-order valence-electron chi connectivity index (χ0n) is 8.53. The monoisotopic (exact) mass is 192 g/mol. The van der Waals surface area contributed by atoms with Gasteiger partial charge in [0.1, 0.15) is 11.9 Å². The number of hydrogen-bond donors (Lipinski definition) is 1. The summed E-state index contributed by atoms with van der Waals surface area (Å²) in [6.07, 6.45) is 6.41. The topological polar surface area (TPSA) is 67.6 Å². The number of unbranched alkanes of at least 4 members (excludes halogenated alkanes) is 3. The first-order chi connectivity index (χ1) is 6.79. The molecule has 76 valence electrons. The molecule has 4 heteroatoms. The van der Waals surface area contributed by atoms with Crippen molar-refractivity contribution in [2.45, 2.75) is 39.2 Å². The van der Waals surface area contributed by atoms with Crippen molar-refractivity contribution in [2.24, 2.45) is 0 Å². The van der Waals surface area contributed by atoms with Crippen molar-refractivity contribution >= 4 is 5.82 Å².